The maximum atomic E-state index is 12.3. The molecule has 1 aromatic heterocycles. The van der Waals surface area contributed by atoms with Gasteiger partial charge >= 0.3 is 0 Å². The maximum absolute atomic E-state index is 12.3. The van der Waals surface area contributed by atoms with Crippen LogP contribution >= 0.6 is 46.6 Å². The lowest BCUT2D eigenvalue weighted by Gasteiger charge is -2.15. The summed E-state index contributed by atoms with van der Waals surface area (Å²) in [5, 5.41) is 13.4. The number of thioether (sulfide) groups is 1. The van der Waals surface area contributed by atoms with Crippen molar-refractivity contribution in [1.29, 1.82) is 0 Å². The molecule has 0 bridgehead atoms. The number of ether oxygens (including phenoxy) is 1. The zero-order valence-corrected chi connectivity index (χ0v) is 19.3. The summed E-state index contributed by atoms with van der Waals surface area (Å²) in [4.78, 5) is 12.3. The minimum Gasteiger partial charge on any atom is -0.483 e. The standard InChI is InChI=1S/C20H19Cl3N4O2S/c1-3-27-19(12(2)29-17-6-4-5-13(21)10-17)25-26-20(27)30-11-18(28)24-16-8-14(22)7-15(23)9-16/h4-10,12H,3,11H2,1-2H3,(H,24,28). The third-order valence-corrected chi connectivity index (χ3v) is 5.65. The van der Waals surface area contributed by atoms with Crippen LogP contribution in [-0.4, -0.2) is 26.4 Å². The molecule has 1 unspecified atom stereocenters. The first-order valence-electron chi connectivity index (χ1n) is 9.09. The summed E-state index contributed by atoms with van der Waals surface area (Å²) in [5.41, 5.74) is 0.541. The van der Waals surface area contributed by atoms with Crippen LogP contribution in [0.2, 0.25) is 15.1 Å². The van der Waals surface area contributed by atoms with Crippen LogP contribution in [0.25, 0.3) is 0 Å². The van der Waals surface area contributed by atoms with Crippen molar-refractivity contribution >= 4 is 58.2 Å². The first-order chi connectivity index (χ1) is 14.4. The van der Waals surface area contributed by atoms with Gasteiger partial charge < -0.3 is 14.6 Å². The molecule has 1 N–H and O–H groups in total. The molecule has 1 amide bonds. The Bertz CT molecular complexity index is 1020. The Balaban J connectivity index is 1.64. The van der Waals surface area contributed by atoms with Gasteiger partial charge in [0.15, 0.2) is 17.1 Å². The zero-order chi connectivity index (χ0) is 21.7. The molecule has 2 aromatic carbocycles. The highest BCUT2D eigenvalue weighted by Gasteiger charge is 2.19. The number of carbonyl (C=O) groups excluding carboxylic acids is 1. The Morgan fingerprint density at radius 1 is 1.13 bits per heavy atom. The molecule has 30 heavy (non-hydrogen) atoms. The molecule has 0 aliphatic carbocycles. The number of rotatable bonds is 8. The largest absolute Gasteiger partial charge is 0.483 e. The van der Waals surface area contributed by atoms with Crippen molar-refractivity contribution in [2.75, 3.05) is 11.1 Å². The van der Waals surface area contributed by atoms with Crippen LogP contribution in [-0.2, 0) is 11.3 Å². The predicted molar refractivity (Wildman–Crippen MR) is 122 cm³/mol. The monoisotopic (exact) mass is 484 g/mol. The molecule has 1 heterocycles. The topological polar surface area (TPSA) is 69.0 Å². The van der Waals surface area contributed by atoms with Crippen LogP contribution < -0.4 is 10.1 Å². The first-order valence-corrected chi connectivity index (χ1v) is 11.2. The van der Waals surface area contributed by atoms with Gasteiger partial charge in [-0.15, -0.1) is 10.2 Å². The van der Waals surface area contributed by atoms with Crippen LogP contribution in [0.1, 0.15) is 25.8 Å². The molecule has 10 heteroatoms. The maximum Gasteiger partial charge on any atom is 0.234 e. The number of nitrogens with zero attached hydrogens (tertiary/aromatic N) is 3. The minimum absolute atomic E-state index is 0.159. The second-order valence-corrected chi connectivity index (χ2v) is 8.55. The lowest BCUT2D eigenvalue weighted by atomic mass is 10.3. The summed E-state index contributed by atoms with van der Waals surface area (Å²) in [6, 6.07) is 12.1. The smallest absolute Gasteiger partial charge is 0.234 e. The number of carbonyl (C=O) groups is 1. The quantitative estimate of drug-likeness (QED) is 0.389. The van der Waals surface area contributed by atoms with Gasteiger partial charge in [0.05, 0.1) is 5.75 Å². The van der Waals surface area contributed by atoms with Crippen molar-refractivity contribution in [2.24, 2.45) is 0 Å². The third-order valence-electron chi connectivity index (χ3n) is 4.01. The van der Waals surface area contributed by atoms with Gasteiger partial charge in [-0.2, -0.15) is 0 Å². The van der Waals surface area contributed by atoms with Crippen LogP contribution in [0.4, 0.5) is 5.69 Å². The summed E-state index contributed by atoms with van der Waals surface area (Å²) >= 11 is 19.2. The molecule has 6 nitrogen and oxygen atoms in total. The van der Waals surface area contributed by atoms with Crippen LogP contribution in [0.15, 0.2) is 47.6 Å². The predicted octanol–water partition coefficient (Wildman–Crippen LogP) is 6.13. The van der Waals surface area contributed by atoms with Gasteiger partial charge in [0.2, 0.25) is 5.91 Å². The summed E-state index contributed by atoms with van der Waals surface area (Å²) in [6.07, 6.45) is -0.340. The van der Waals surface area contributed by atoms with E-state index in [1.54, 1.807) is 30.3 Å². The molecule has 0 saturated heterocycles. The molecular formula is C20H19Cl3N4O2S. The average Bonchev–Trinajstić information content (AvgIpc) is 3.08. The summed E-state index contributed by atoms with van der Waals surface area (Å²) < 4.78 is 7.86. The van der Waals surface area contributed by atoms with Crippen LogP contribution in [0.3, 0.4) is 0 Å². The van der Waals surface area contributed by atoms with Gasteiger partial charge in [-0.3, -0.25) is 4.79 Å². The third kappa shape index (κ3) is 6.04. The van der Waals surface area contributed by atoms with Gasteiger partial charge in [-0.05, 0) is 50.2 Å². The van der Waals surface area contributed by atoms with E-state index in [1.165, 1.54) is 11.8 Å². The van der Waals surface area contributed by atoms with Crippen LogP contribution in [0, 0.1) is 0 Å². The highest BCUT2D eigenvalue weighted by Crippen LogP contribution is 2.27. The molecule has 0 radical (unpaired) electrons. The van der Waals surface area contributed by atoms with Crippen molar-refractivity contribution in [3.63, 3.8) is 0 Å². The fourth-order valence-electron chi connectivity index (χ4n) is 2.76. The van der Waals surface area contributed by atoms with Crippen molar-refractivity contribution in [2.45, 2.75) is 31.7 Å². The fourth-order valence-corrected chi connectivity index (χ4v) is 4.27. The molecule has 0 fully saturated rings. The molecule has 0 aliphatic heterocycles. The molecule has 0 aliphatic rings. The van der Waals surface area contributed by atoms with Crippen molar-refractivity contribution in [3.05, 3.63) is 63.4 Å². The second-order valence-electron chi connectivity index (χ2n) is 6.30. The summed E-state index contributed by atoms with van der Waals surface area (Å²) in [5.74, 6) is 1.27. The number of anilines is 1. The van der Waals surface area contributed by atoms with Crippen molar-refractivity contribution in [3.8, 4) is 5.75 Å². The van der Waals surface area contributed by atoms with Gasteiger partial charge in [0.25, 0.3) is 0 Å². The van der Waals surface area contributed by atoms with Gasteiger partial charge in [-0.25, -0.2) is 0 Å². The first kappa shape index (κ1) is 22.7. The SMILES string of the molecule is CCn1c(SCC(=O)Nc2cc(Cl)cc(Cl)c2)nnc1C(C)Oc1cccc(Cl)c1. The summed E-state index contributed by atoms with van der Waals surface area (Å²) in [6.45, 7) is 4.51. The Morgan fingerprint density at radius 3 is 2.53 bits per heavy atom. The fraction of sp³-hybridized carbons (Fsp3) is 0.250. The lowest BCUT2D eigenvalue weighted by Crippen LogP contribution is -2.15. The Labute approximate surface area is 193 Å². The highest BCUT2D eigenvalue weighted by atomic mass is 35.5. The zero-order valence-electron chi connectivity index (χ0n) is 16.2. The number of hydrogen-bond donors (Lipinski definition) is 1. The molecule has 158 valence electrons. The van der Waals surface area contributed by atoms with E-state index in [-0.39, 0.29) is 17.8 Å². The summed E-state index contributed by atoms with van der Waals surface area (Å²) in [7, 11) is 0. The van der Waals surface area contributed by atoms with E-state index >= 15 is 0 Å². The van der Waals surface area contributed by atoms with E-state index in [0.29, 0.717) is 44.0 Å². The Morgan fingerprint density at radius 2 is 1.87 bits per heavy atom. The number of benzene rings is 2. The number of hydrogen-bond acceptors (Lipinski definition) is 5. The van der Waals surface area contributed by atoms with Crippen LogP contribution in [0.5, 0.6) is 5.75 Å². The number of amides is 1. The molecular weight excluding hydrogens is 467 g/mol. The van der Waals surface area contributed by atoms with Crippen molar-refractivity contribution < 1.29 is 9.53 Å². The molecule has 3 aromatic rings. The van der Waals surface area contributed by atoms with E-state index in [9.17, 15) is 4.79 Å². The molecule has 0 spiro atoms. The van der Waals surface area contributed by atoms with E-state index in [0.717, 1.165) is 0 Å². The normalized spacial score (nSPS) is 11.9. The number of halogens is 3. The lowest BCUT2D eigenvalue weighted by molar-refractivity contribution is -0.113. The van der Waals surface area contributed by atoms with Gasteiger partial charge in [0.1, 0.15) is 5.75 Å². The van der Waals surface area contributed by atoms with Gasteiger partial charge in [-0.1, -0.05) is 52.6 Å². The van der Waals surface area contributed by atoms with E-state index in [1.807, 2.05) is 30.5 Å². The minimum atomic E-state index is -0.340. The molecule has 1 atom stereocenters. The molecule has 3 rings (SSSR count). The van der Waals surface area contributed by atoms with Gasteiger partial charge in [0, 0.05) is 27.3 Å². The number of nitrogens with one attached hydrogen (secondary N) is 1. The van der Waals surface area contributed by atoms with Crippen molar-refractivity contribution in [1.82, 2.24) is 14.8 Å². The van der Waals surface area contributed by atoms with E-state index < -0.39 is 0 Å². The Kier molecular flexibility index (Phi) is 7.88. The Hall–Kier alpha value is -1.93. The van der Waals surface area contributed by atoms with E-state index in [2.05, 4.69) is 15.5 Å². The average molecular weight is 486 g/mol. The molecule has 0 saturated carbocycles. The number of aromatic nitrogens is 3. The highest BCUT2D eigenvalue weighted by molar-refractivity contribution is 7.99. The second kappa shape index (κ2) is 10.4. The van der Waals surface area contributed by atoms with E-state index in [4.69, 9.17) is 39.5 Å².